The van der Waals surface area contributed by atoms with E-state index < -0.39 is 0 Å². The second-order valence-corrected chi connectivity index (χ2v) is 4.83. The first-order valence-electron chi connectivity index (χ1n) is 6.75. The van der Waals surface area contributed by atoms with Crippen molar-refractivity contribution in [3.8, 4) is 0 Å². The Labute approximate surface area is 95.4 Å². The molecule has 1 N–H and O–H groups in total. The van der Waals surface area contributed by atoms with Crippen LogP contribution in [0.4, 0.5) is 0 Å². The quantitative estimate of drug-likeness (QED) is 0.697. The van der Waals surface area contributed by atoms with E-state index in [2.05, 4.69) is 31.0 Å². The van der Waals surface area contributed by atoms with Crippen molar-refractivity contribution in [1.29, 1.82) is 0 Å². The van der Waals surface area contributed by atoms with E-state index in [-0.39, 0.29) is 0 Å². The third-order valence-electron chi connectivity index (χ3n) is 3.76. The minimum Gasteiger partial charge on any atom is -0.313 e. The smallest absolute Gasteiger partial charge is 0.0195 e. The van der Waals surface area contributed by atoms with Crippen LogP contribution in [-0.2, 0) is 0 Å². The van der Waals surface area contributed by atoms with E-state index in [1.165, 1.54) is 51.9 Å². The third kappa shape index (κ3) is 4.52. The Balaban J connectivity index is 2.27. The molecule has 2 nitrogen and oxygen atoms in total. The first kappa shape index (κ1) is 13.0. The van der Waals surface area contributed by atoms with Crippen LogP contribution in [0.15, 0.2) is 0 Å². The van der Waals surface area contributed by atoms with E-state index in [1.54, 1.807) is 0 Å². The summed E-state index contributed by atoms with van der Waals surface area (Å²) >= 11 is 0. The summed E-state index contributed by atoms with van der Waals surface area (Å²) in [4.78, 5) is 2.63. The predicted molar refractivity (Wildman–Crippen MR) is 67.2 cm³/mol. The van der Waals surface area contributed by atoms with Crippen LogP contribution in [0.5, 0.6) is 0 Å². The van der Waals surface area contributed by atoms with Gasteiger partial charge in [0, 0.05) is 19.1 Å². The van der Waals surface area contributed by atoms with E-state index in [0.29, 0.717) is 0 Å². The first-order valence-corrected chi connectivity index (χ1v) is 6.75. The van der Waals surface area contributed by atoms with E-state index in [1.807, 2.05) is 0 Å². The van der Waals surface area contributed by atoms with Gasteiger partial charge in [0.1, 0.15) is 0 Å². The molecule has 0 aliphatic carbocycles. The van der Waals surface area contributed by atoms with Gasteiger partial charge in [-0.1, -0.05) is 33.6 Å². The van der Waals surface area contributed by atoms with Gasteiger partial charge in [0.2, 0.25) is 0 Å². The van der Waals surface area contributed by atoms with Gasteiger partial charge in [-0.2, -0.15) is 0 Å². The lowest BCUT2D eigenvalue weighted by Crippen LogP contribution is -2.39. The van der Waals surface area contributed by atoms with Crippen LogP contribution in [-0.4, -0.2) is 37.1 Å². The van der Waals surface area contributed by atoms with Crippen LogP contribution in [0.1, 0.15) is 46.5 Å². The van der Waals surface area contributed by atoms with Crippen molar-refractivity contribution >= 4 is 0 Å². The van der Waals surface area contributed by atoms with Crippen LogP contribution in [0.2, 0.25) is 0 Å². The molecule has 90 valence electrons. The fraction of sp³-hybridized carbons (Fsp3) is 1.00. The van der Waals surface area contributed by atoms with Crippen molar-refractivity contribution in [2.75, 3.05) is 26.2 Å². The summed E-state index contributed by atoms with van der Waals surface area (Å²) in [6.07, 6.45) is 5.39. The van der Waals surface area contributed by atoms with Crippen LogP contribution >= 0.6 is 0 Å². The molecule has 0 radical (unpaired) electrons. The summed E-state index contributed by atoms with van der Waals surface area (Å²) in [6, 6.07) is 0.763. The van der Waals surface area contributed by atoms with Gasteiger partial charge in [-0.3, -0.25) is 0 Å². The number of nitrogens with one attached hydrogen (secondary N) is 1. The Morgan fingerprint density at radius 3 is 2.47 bits per heavy atom. The predicted octanol–water partition coefficient (Wildman–Crippen LogP) is 2.50. The molecule has 0 spiro atoms. The summed E-state index contributed by atoms with van der Waals surface area (Å²) in [5.41, 5.74) is 0. The minimum atomic E-state index is 0.763. The highest BCUT2D eigenvalue weighted by atomic mass is 15.1. The molecule has 1 aliphatic heterocycles. The molecule has 2 heteroatoms. The summed E-state index contributed by atoms with van der Waals surface area (Å²) in [5.74, 6) is 0.895. The van der Waals surface area contributed by atoms with E-state index in [4.69, 9.17) is 0 Å². The molecule has 1 atom stereocenters. The largest absolute Gasteiger partial charge is 0.313 e. The molecule has 1 saturated heterocycles. The Hall–Kier alpha value is -0.0800. The maximum Gasteiger partial charge on any atom is 0.0195 e. The summed E-state index contributed by atoms with van der Waals surface area (Å²) in [7, 11) is 0. The maximum absolute atomic E-state index is 3.59. The third-order valence-corrected chi connectivity index (χ3v) is 3.76. The molecule has 1 fully saturated rings. The topological polar surface area (TPSA) is 15.3 Å². The van der Waals surface area contributed by atoms with Crippen LogP contribution in [0.25, 0.3) is 0 Å². The van der Waals surface area contributed by atoms with Crippen molar-refractivity contribution < 1.29 is 0 Å². The second-order valence-electron chi connectivity index (χ2n) is 4.83. The van der Waals surface area contributed by atoms with Gasteiger partial charge in [-0.15, -0.1) is 0 Å². The molecule has 0 aromatic carbocycles. The number of nitrogens with zero attached hydrogens (tertiary/aromatic N) is 1. The Kier molecular flexibility index (Phi) is 6.26. The Bertz CT molecular complexity index is 145. The van der Waals surface area contributed by atoms with Crippen LogP contribution < -0.4 is 5.32 Å². The summed E-state index contributed by atoms with van der Waals surface area (Å²) < 4.78 is 0. The van der Waals surface area contributed by atoms with E-state index in [9.17, 15) is 0 Å². The van der Waals surface area contributed by atoms with Gasteiger partial charge in [-0.05, 0) is 31.8 Å². The molecule has 1 heterocycles. The zero-order valence-corrected chi connectivity index (χ0v) is 10.8. The van der Waals surface area contributed by atoms with Gasteiger partial charge in [0.25, 0.3) is 0 Å². The summed E-state index contributed by atoms with van der Waals surface area (Å²) in [5, 5.41) is 3.59. The number of hydrogen-bond acceptors (Lipinski definition) is 2. The van der Waals surface area contributed by atoms with E-state index in [0.717, 1.165) is 12.0 Å². The van der Waals surface area contributed by atoms with Gasteiger partial charge < -0.3 is 10.2 Å². The second kappa shape index (κ2) is 7.24. The molecule has 0 aromatic heterocycles. The fourth-order valence-electron chi connectivity index (χ4n) is 2.47. The lowest BCUT2D eigenvalue weighted by atomic mass is 10.0. The average molecular weight is 212 g/mol. The van der Waals surface area contributed by atoms with Crippen LogP contribution in [0, 0.1) is 5.92 Å². The Morgan fingerprint density at radius 2 is 2.00 bits per heavy atom. The monoisotopic (exact) mass is 212 g/mol. The van der Waals surface area contributed by atoms with Crippen molar-refractivity contribution in [2.45, 2.75) is 52.5 Å². The normalized spacial score (nSPS) is 21.8. The standard InChI is InChI=1S/C13H28N2/c1-4-12(5-2)10-15(6-3)11-13-8-7-9-14-13/h12-14H,4-11H2,1-3H3/t13-/m1/s1. The highest BCUT2D eigenvalue weighted by molar-refractivity contribution is 4.78. The maximum atomic E-state index is 3.59. The first-order chi connectivity index (χ1) is 7.30. The molecule has 1 aliphatic rings. The van der Waals surface area contributed by atoms with Gasteiger partial charge >= 0.3 is 0 Å². The van der Waals surface area contributed by atoms with Crippen molar-refractivity contribution in [3.63, 3.8) is 0 Å². The molecule has 0 unspecified atom stereocenters. The molecular weight excluding hydrogens is 184 g/mol. The summed E-state index contributed by atoms with van der Waals surface area (Å²) in [6.45, 7) is 11.9. The van der Waals surface area contributed by atoms with Gasteiger partial charge in [-0.25, -0.2) is 0 Å². The Morgan fingerprint density at radius 1 is 1.27 bits per heavy atom. The SMILES string of the molecule is CCC(CC)CN(CC)C[C@H]1CCCN1. The molecule has 0 saturated carbocycles. The molecule has 1 rings (SSSR count). The number of hydrogen-bond donors (Lipinski definition) is 1. The number of rotatable bonds is 7. The average Bonchev–Trinajstić information content (AvgIpc) is 2.76. The van der Waals surface area contributed by atoms with Crippen molar-refractivity contribution in [3.05, 3.63) is 0 Å². The van der Waals surface area contributed by atoms with Gasteiger partial charge in [0.05, 0.1) is 0 Å². The molecular formula is C13H28N2. The highest BCUT2D eigenvalue weighted by Crippen LogP contribution is 2.12. The molecule has 0 aromatic rings. The molecule has 0 amide bonds. The zero-order valence-electron chi connectivity index (χ0n) is 10.8. The lowest BCUT2D eigenvalue weighted by molar-refractivity contribution is 0.216. The van der Waals surface area contributed by atoms with Crippen molar-refractivity contribution in [1.82, 2.24) is 10.2 Å². The minimum absolute atomic E-state index is 0.763. The lowest BCUT2D eigenvalue weighted by Gasteiger charge is -2.27. The zero-order chi connectivity index (χ0) is 11.1. The fourth-order valence-corrected chi connectivity index (χ4v) is 2.47. The van der Waals surface area contributed by atoms with E-state index >= 15 is 0 Å². The molecule has 15 heavy (non-hydrogen) atoms. The van der Waals surface area contributed by atoms with Crippen LogP contribution in [0.3, 0.4) is 0 Å². The molecule has 0 bridgehead atoms. The number of likely N-dealkylation sites (N-methyl/N-ethyl adjacent to an activating group) is 1. The van der Waals surface area contributed by atoms with Gasteiger partial charge in [0.15, 0.2) is 0 Å². The van der Waals surface area contributed by atoms with Crippen molar-refractivity contribution in [2.24, 2.45) is 5.92 Å². The highest BCUT2D eigenvalue weighted by Gasteiger charge is 2.18.